The van der Waals surface area contributed by atoms with E-state index in [-0.39, 0.29) is 16.6 Å². The van der Waals surface area contributed by atoms with Gasteiger partial charge in [-0.15, -0.1) is 0 Å². The number of carbonyl (C=O) groups excluding carboxylic acids is 1. The highest BCUT2D eigenvalue weighted by atomic mass is 32.2. The molecule has 1 aliphatic heterocycles. The minimum atomic E-state index is -3.78. The summed E-state index contributed by atoms with van der Waals surface area (Å²) in [4.78, 5) is 12.2. The van der Waals surface area contributed by atoms with Gasteiger partial charge in [0.1, 0.15) is 0 Å². The Hall–Kier alpha value is -2.44. The van der Waals surface area contributed by atoms with E-state index in [1.165, 1.54) is 17.1 Å². The average Bonchev–Trinajstić information content (AvgIpc) is 2.94. The van der Waals surface area contributed by atoms with E-state index in [4.69, 9.17) is 4.74 Å². The normalized spacial score (nSPS) is 15.2. The molecule has 3 aromatic rings. The number of ketones is 1. The highest BCUT2D eigenvalue weighted by Crippen LogP contribution is 2.31. The molecule has 1 saturated heterocycles. The molecule has 0 spiro atoms. The number of hydrogen-bond acceptors (Lipinski definition) is 4. The minimum absolute atomic E-state index is 0.160. The number of hydrogen-bond donors (Lipinski definition) is 0. The molecular weight excluding hydrogens is 338 g/mol. The fraction of sp³-hybridized carbons (Fsp3) is 0.211. The zero-order chi connectivity index (χ0) is 17.6. The van der Waals surface area contributed by atoms with E-state index >= 15 is 0 Å². The lowest BCUT2D eigenvalue weighted by molar-refractivity contribution is 0.00847. The van der Waals surface area contributed by atoms with Crippen LogP contribution in [0, 0.1) is 0 Å². The predicted molar refractivity (Wildman–Crippen MR) is 94.5 cm³/mol. The third-order valence-electron chi connectivity index (χ3n) is 4.58. The largest absolute Gasteiger partial charge is 0.380 e. The van der Waals surface area contributed by atoms with Gasteiger partial charge in [-0.2, -0.15) is 0 Å². The van der Waals surface area contributed by atoms with Crippen molar-refractivity contribution in [3.8, 4) is 0 Å². The predicted octanol–water partition coefficient (Wildman–Crippen LogP) is 3.19. The van der Waals surface area contributed by atoms with E-state index in [2.05, 4.69) is 0 Å². The monoisotopic (exact) mass is 355 g/mol. The Morgan fingerprint density at radius 1 is 1.12 bits per heavy atom. The molecule has 1 aromatic heterocycles. The van der Waals surface area contributed by atoms with Crippen LogP contribution in [-0.2, 0) is 14.8 Å². The second-order valence-electron chi connectivity index (χ2n) is 6.22. The summed E-state index contributed by atoms with van der Waals surface area (Å²) in [5.41, 5.74) is 1.96. The molecule has 0 unspecified atom stereocenters. The van der Waals surface area contributed by atoms with Gasteiger partial charge in [0.05, 0.1) is 23.6 Å². The number of benzene rings is 2. The van der Waals surface area contributed by atoms with Crippen LogP contribution in [0.3, 0.4) is 0 Å². The Labute approximate surface area is 145 Å². The summed E-state index contributed by atoms with van der Waals surface area (Å²) in [5, 5.41) is 0.649. The van der Waals surface area contributed by atoms with Gasteiger partial charge >= 0.3 is 0 Å². The van der Waals surface area contributed by atoms with Gasteiger partial charge in [0.15, 0.2) is 5.78 Å². The van der Waals surface area contributed by atoms with Crippen LogP contribution in [0.2, 0.25) is 0 Å². The second-order valence-corrected chi connectivity index (χ2v) is 8.04. The number of fused-ring (bicyclic) bond motifs is 1. The molecule has 1 aliphatic rings. The highest BCUT2D eigenvalue weighted by molar-refractivity contribution is 7.90. The molecule has 25 heavy (non-hydrogen) atoms. The first-order valence-electron chi connectivity index (χ1n) is 8.03. The summed E-state index contributed by atoms with van der Waals surface area (Å²) < 4.78 is 32.6. The molecule has 4 rings (SSSR count). The molecule has 2 aromatic carbocycles. The van der Waals surface area contributed by atoms with Crippen molar-refractivity contribution in [2.75, 3.05) is 13.2 Å². The van der Waals surface area contributed by atoms with E-state index in [9.17, 15) is 13.2 Å². The lowest BCUT2D eigenvalue weighted by atomic mass is 9.96. The van der Waals surface area contributed by atoms with Crippen LogP contribution >= 0.6 is 0 Å². The number of ether oxygens (including phenoxy) is 1. The van der Waals surface area contributed by atoms with Crippen molar-refractivity contribution in [2.24, 2.45) is 0 Å². The molecule has 0 radical (unpaired) electrons. The summed E-state index contributed by atoms with van der Waals surface area (Å²) >= 11 is 0. The fourth-order valence-electron chi connectivity index (χ4n) is 3.08. The van der Waals surface area contributed by atoms with E-state index in [1.807, 2.05) is 18.2 Å². The molecule has 0 atom stereocenters. The van der Waals surface area contributed by atoms with E-state index in [0.29, 0.717) is 29.7 Å². The fourth-order valence-corrected chi connectivity index (χ4v) is 4.47. The van der Waals surface area contributed by atoms with Gasteiger partial charge in [-0.05, 0) is 30.7 Å². The van der Waals surface area contributed by atoms with Crippen molar-refractivity contribution in [3.05, 3.63) is 65.9 Å². The molecule has 1 fully saturated rings. The number of nitrogens with zero attached hydrogens (tertiary/aromatic N) is 1. The van der Waals surface area contributed by atoms with Gasteiger partial charge in [-0.1, -0.05) is 30.3 Å². The van der Waals surface area contributed by atoms with Crippen molar-refractivity contribution < 1.29 is 17.9 Å². The topological polar surface area (TPSA) is 65.4 Å². The summed E-state index contributed by atoms with van der Waals surface area (Å²) in [7, 11) is -3.78. The maximum Gasteiger partial charge on any atom is 0.268 e. The van der Waals surface area contributed by atoms with Crippen LogP contribution in [0.5, 0.6) is 0 Å². The zero-order valence-corrected chi connectivity index (χ0v) is 14.5. The smallest absolute Gasteiger partial charge is 0.268 e. The molecule has 0 N–H and O–H groups in total. The minimum Gasteiger partial charge on any atom is -0.380 e. The van der Waals surface area contributed by atoms with Gasteiger partial charge < -0.3 is 4.74 Å². The van der Waals surface area contributed by atoms with Crippen molar-refractivity contribution in [2.45, 2.75) is 17.7 Å². The first-order chi connectivity index (χ1) is 12.0. The second kappa shape index (κ2) is 5.82. The Kier molecular flexibility index (Phi) is 3.74. The van der Waals surface area contributed by atoms with Gasteiger partial charge in [-0.3, -0.25) is 4.79 Å². The van der Waals surface area contributed by atoms with Crippen molar-refractivity contribution in [1.82, 2.24) is 3.97 Å². The molecule has 0 saturated carbocycles. The van der Waals surface area contributed by atoms with Gasteiger partial charge in [0.2, 0.25) is 0 Å². The van der Waals surface area contributed by atoms with Gasteiger partial charge in [-0.25, -0.2) is 12.4 Å². The van der Waals surface area contributed by atoms with Crippen molar-refractivity contribution in [1.29, 1.82) is 0 Å². The van der Waals surface area contributed by atoms with E-state index in [1.54, 1.807) is 30.3 Å². The molecular formula is C19H17NO4S. The number of rotatable bonds is 4. The molecule has 128 valence electrons. The Morgan fingerprint density at radius 2 is 1.84 bits per heavy atom. The van der Waals surface area contributed by atoms with Crippen LogP contribution < -0.4 is 0 Å². The Balaban J connectivity index is 1.97. The summed E-state index contributed by atoms with van der Waals surface area (Å²) in [6, 6.07) is 13.9. The molecule has 5 nitrogen and oxygen atoms in total. The quantitative estimate of drug-likeness (QED) is 0.674. The van der Waals surface area contributed by atoms with Crippen LogP contribution in [0.25, 0.3) is 10.9 Å². The van der Waals surface area contributed by atoms with Crippen LogP contribution in [0.1, 0.15) is 28.8 Å². The van der Waals surface area contributed by atoms with Crippen LogP contribution in [0.4, 0.5) is 0 Å². The van der Waals surface area contributed by atoms with Crippen molar-refractivity contribution >= 4 is 26.7 Å². The standard InChI is InChI=1S/C19H17NO4S/c1-13(21)18-10-20(25(22,23)16-5-3-2-4-6-16)19-9-14(7-8-17(18)19)15-11-24-12-15/h2-10,15H,11-12H2,1H3. The maximum absolute atomic E-state index is 13.1. The number of Topliss-reactive ketones (excluding diaryl/α,β-unsaturated/α-hetero) is 1. The Morgan fingerprint density at radius 3 is 2.44 bits per heavy atom. The third kappa shape index (κ3) is 2.58. The first-order valence-corrected chi connectivity index (χ1v) is 9.47. The molecule has 0 aliphatic carbocycles. The van der Waals surface area contributed by atoms with E-state index < -0.39 is 10.0 Å². The van der Waals surface area contributed by atoms with Crippen molar-refractivity contribution in [3.63, 3.8) is 0 Å². The summed E-state index contributed by atoms with van der Waals surface area (Å²) in [5.74, 6) is 0.111. The van der Waals surface area contributed by atoms with Crippen LogP contribution in [-0.4, -0.2) is 31.4 Å². The van der Waals surface area contributed by atoms with Gasteiger partial charge in [0.25, 0.3) is 10.0 Å². The number of carbonyl (C=O) groups is 1. The van der Waals surface area contributed by atoms with E-state index in [0.717, 1.165) is 5.56 Å². The SMILES string of the molecule is CC(=O)c1cn(S(=O)(=O)c2ccccc2)c2cc(C3COC3)ccc12. The zero-order valence-electron chi connectivity index (χ0n) is 13.7. The third-order valence-corrected chi connectivity index (χ3v) is 6.27. The molecule has 0 amide bonds. The molecule has 0 bridgehead atoms. The lowest BCUT2D eigenvalue weighted by Gasteiger charge is -2.26. The van der Waals surface area contributed by atoms with Crippen LogP contribution in [0.15, 0.2) is 59.6 Å². The summed E-state index contributed by atoms with van der Waals surface area (Å²) in [6.45, 7) is 2.72. The average molecular weight is 355 g/mol. The molecule has 2 heterocycles. The molecule has 6 heteroatoms. The Bertz CT molecular complexity index is 1060. The number of aromatic nitrogens is 1. The maximum atomic E-state index is 13.1. The lowest BCUT2D eigenvalue weighted by Crippen LogP contribution is -2.25. The van der Waals surface area contributed by atoms with Gasteiger partial charge in [0, 0.05) is 23.1 Å². The summed E-state index contributed by atoms with van der Waals surface area (Å²) in [6.07, 6.45) is 1.43. The highest BCUT2D eigenvalue weighted by Gasteiger charge is 2.25. The first kappa shape index (κ1) is 16.1.